The van der Waals surface area contributed by atoms with Crippen LogP contribution in [-0.2, 0) is 17.6 Å². The van der Waals surface area contributed by atoms with Crippen molar-refractivity contribution in [1.29, 1.82) is 0 Å². The Hall–Kier alpha value is -1.59. The number of amides is 1. The van der Waals surface area contributed by atoms with E-state index in [2.05, 4.69) is 16.7 Å². The number of fused-ring (bicyclic) bond motifs is 2. The molecule has 0 aromatic heterocycles. The lowest BCUT2D eigenvalue weighted by Gasteiger charge is -2.35. The average Bonchev–Trinajstić information content (AvgIpc) is 3.15. The fraction of sp³-hybridized carbons (Fsp3) is 0.611. The molecule has 1 aliphatic carbocycles. The second kappa shape index (κ2) is 6.13. The van der Waals surface area contributed by atoms with Gasteiger partial charge in [0.1, 0.15) is 5.75 Å². The number of aliphatic hydroxyl groups is 1. The molecule has 23 heavy (non-hydrogen) atoms. The van der Waals surface area contributed by atoms with Gasteiger partial charge in [-0.1, -0.05) is 12.1 Å². The second-order valence-corrected chi connectivity index (χ2v) is 7.11. The van der Waals surface area contributed by atoms with E-state index >= 15 is 0 Å². The van der Waals surface area contributed by atoms with Crippen molar-refractivity contribution in [3.8, 4) is 5.75 Å². The first-order valence-corrected chi connectivity index (χ1v) is 8.62. The van der Waals surface area contributed by atoms with Crippen molar-refractivity contribution in [3.05, 3.63) is 29.3 Å². The lowest BCUT2D eigenvalue weighted by Crippen LogP contribution is -2.49. The van der Waals surface area contributed by atoms with Crippen molar-refractivity contribution >= 4 is 5.91 Å². The maximum Gasteiger partial charge on any atom is 0.224 e. The van der Waals surface area contributed by atoms with E-state index in [0.717, 1.165) is 50.3 Å². The molecule has 5 nitrogen and oxygen atoms in total. The van der Waals surface area contributed by atoms with Crippen LogP contribution in [0.1, 0.15) is 24.0 Å². The summed E-state index contributed by atoms with van der Waals surface area (Å²) < 4.78 is 5.49. The average molecular weight is 316 g/mol. The number of rotatable bonds is 3. The van der Waals surface area contributed by atoms with Crippen LogP contribution in [0.3, 0.4) is 0 Å². The third kappa shape index (κ3) is 3.08. The van der Waals surface area contributed by atoms with Crippen LogP contribution in [0.15, 0.2) is 18.2 Å². The lowest BCUT2D eigenvalue weighted by atomic mass is 9.77. The van der Waals surface area contributed by atoms with Gasteiger partial charge in [-0.3, -0.25) is 4.79 Å². The predicted molar refractivity (Wildman–Crippen MR) is 86.4 cm³/mol. The molecule has 1 amide bonds. The number of ether oxygens (including phenoxy) is 1. The highest BCUT2D eigenvalue weighted by molar-refractivity contribution is 5.79. The van der Waals surface area contributed by atoms with Crippen LogP contribution in [0.5, 0.6) is 5.75 Å². The third-order valence-electron chi connectivity index (χ3n) is 5.51. The molecule has 2 heterocycles. The molecule has 1 aromatic rings. The van der Waals surface area contributed by atoms with E-state index in [9.17, 15) is 9.90 Å². The van der Waals surface area contributed by atoms with Crippen LogP contribution < -0.4 is 15.4 Å². The van der Waals surface area contributed by atoms with E-state index in [1.54, 1.807) is 0 Å². The fourth-order valence-electron chi connectivity index (χ4n) is 4.24. The number of aliphatic hydroxyl groups excluding tert-OH is 1. The van der Waals surface area contributed by atoms with Gasteiger partial charge in [0.25, 0.3) is 0 Å². The van der Waals surface area contributed by atoms with Gasteiger partial charge in [-0.2, -0.15) is 0 Å². The van der Waals surface area contributed by atoms with E-state index in [1.165, 1.54) is 5.56 Å². The fourth-order valence-corrected chi connectivity index (χ4v) is 4.24. The van der Waals surface area contributed by atoms with Crippen molar-refractivity contribution in [2.24, 2.45) is 11.8 Å². The zero-order chi connectivity index (χ0) is 15.8. The van der Waals surface area contributed by atoms with Gasteiger partial charge < -0.3 is 20.5 Å². The molecular weight excluding hydrogens is 292 g/mol. The Labute approximate surface area is 136 Å². The Morgan fingerprint density at radius 1 is 1.30 bits per heavy atom. The highest BCUT2D eigenvalue weighted by atomic mass is 16.5. The monoisotopic (exact) mass is 316 g/mol. The van der Waals surface area contributed by atoms with Gasteiger partial charge in [-0.25, -0.2) is 0 Å². The highest BCUT2D eigenvalue weighted by Gasteiger charge is 2.39. The van der Waals surface area contributed by atoms with Gasteiger partial charge in [0.2, 0.25) is 5.91 Å². The van der Waals surface area contributed by atoms with E-state index in [1.807, 2.05) is 12.1 Å². The number of carbonyl (C=O) groups is 1. The minimum Gasteiger partial charge on any atom is -0.493 e. The number of hydrogen-bond acceptors (Lipinski definition) is 4. The van der Waals surface area contributed by atoms with Crippen molar-refractivity contribution in [2.75, 3.05) is 19.7 Å². The summed E-state index contributed by atoms with van der Waals surface area (Å²) in [6, 6.07) is 5.87. The first kappa shape index (κ1) is 15.0. The van der Waals surface area contributed by atoms with E-state index in [0.29, 0.717) is 18.3 Å². The Kier molecular flexibility index (Phi) is 3.99. The van der Waals surface area contributed by atoms with E-state index < -0.39 is 6.10 Å². The minimum absolute atomic E-state index is 0.00248. The summed E-state index contributed by atoms with van der Waals surface area (Å²) in [5.41, 5.74) is 2.20. The predicted octanol–water partition coefficient (Wildman–Crippen LogP) is 0.639. The number of hydrogen-bond donors (Lipinski definition) is 3. The van der Waals surface area contributed by atoms with Crippen LogP contribution in [0.2, 0.25) is 0 Å². The third-order valence-corrected chi connectivity index (χ3v) is 5.51. The van der Waals surface area contributed by atoms with Gasteiger partial charge in [-0.15, -0.1) is 0 Å². The summed E-state index contributed by atoms with van der Waals surface area (Å²) in [6.07, 6.45) is 2.53. The van der Waals surface area contributed by atoms with Gasteiger partial charge in [0, 0.05) is 6.42 Å². The van der Waals surface area contributed by atoms with Crippen LogP contribution in [0.25, 0.3) is 0 Å². The molecule has 0 radical (unpaired) electrons. The molecule has 1 aromatic carbocycles. The molecule has 0 bridgehead atoms. The van der Waals surface area contributed by atoms with Crippen LogP contribution in [-0.4, -0.2) is 42.9 Å². The van der Waals surface area contributed by atoms with Crippen molar-refractivity contribution in [1.82, 2.24) is 10.6 Å². The molecule has 2 aliphatic heterocycles. The molecule has 1 saturated heterocycles. The first-order valence-electron chi connectivity index (χ1n) is 8.62. The van der Waals surface area contributed by atoms with E-state index in [4.69, 9.17) is 4.74 Å². The number of carbonyl (C=O) groups excluding carboxylic acids is 1. The normalized spacial score (nSPS) is 32.0. The standard InChI is InChI=1S/C18H24N2O3/c21-16-8-14-10-19-9-13(14)7-15(16)20-18(22)6-11-1-2-17-12(5-11)3-4-23-17/h1-2,5,13-16,19,21H,3-4,6-10H2,(H,20,22)/t13-,14+,15-,16-/m0/s1. The molecule has 0 spiro atoms. The molecule has 2 fully saturated rings. The van der Waals surface area contributed by atoms with Crippen LogP contribution in [0, 0.1) is 11.8 Å². The smallest absolute Gasteiger partial charge is 0.224 e. The molecule has 3 aliphatic rings. The first-order chi connectivity index (χ1) is 11.2. The van der Waals surface area contributed by atoms with Crippen LogP contribution >= 0.6 is 0 Å². The Morgan fingerprint density at radius 2 is 2.13 bits per heavy atom. The molecule has 5 heteroatoms. The minimum atomic E-state index is -0.423. The zero-order valence-corrected chi connectivity index (χ0v) is 13.3. The van der Waals surface area contributed by atoms with Gasteiger partial charge in [-0.05, 0) is 55.0 Å². The molecule has 1 saturated carbocycles. The van der Waals surface area contributed by atoms with Gasteiger partial charge in [0.05, 0.1) is 25.2 Å². The summed E-state index contributed by atoms with van der Waals surface area (Å²) in [6.45, 7) is 2.74. The number of nitrogens with one attached hydrogen (secondary N) is 2. The molecular formula is C18H24N2O3. The maximum atomic E-state index is 12.3. The molecule has 124 valence electrons. The van der Waals surface area contributed by atoms with Crippen molar-refractivity contribution in [3.63, 3.8) is 0 Å². The second-order valence-electron chi connectivity index (χ2n) is 7.11. The number of benzene rings is 1. The maximum absolute atomic E-state index is 12.3. The van der Waals surface area contributed by atoms with E-state index in [-0.39, 0.29) is 11.9 Å². The Bertz CT molecular complexity index is 604. The van der Waals surface area contributed by atoms with Gasteiger partial charge >= 0.3 is 0 Å². The molecule has 0 unspecified atom stereocenters. The molecule has 3 N–H and O–H groups in total. The summed E-state index contributed by atoms with van der Waals surface area (Å²) in [5, 5.41) is 16.7. The summed E-state index contributed by atoms with van der Waals surface area (Å²) in [4.78, 5) is 12.3. The largest absolute Gasteiger partial charge is 0.493 e. The summed E-state index contributed by atoms with van der Waals surface area (Å²) >= 11 is 0. The Morgan fingerprint density at radius 3 is 3.00 bits per heavy atom. The molecule has 4 atom stereocenters. The lowest BCUT2D eigenvalue weighted by molar-refractivity contribution is -0.122. The summed E-state index contributed by atoms with van der Waals surface area (Å²) in [7, 11) is 0. The topological polar surface area (TPSA) is 70.6 Å². The van der Waals surface area contributed by atoms with Crippen molar-refractivity contribution < 1.29 is 14.6 Å². The SMILES string of the molecule is O=C(Cc1ccc2c(c1)CCO2)N[C@H]1C[C@H]2CNC[C@H]2C[C@@H]1O. The Balaban J connectivity index is 1.36. The summed E-state index contributed by atoms with van der Waals surface area (Å²) in [5.74, 6) is 2.09. The molecule has 4 rings (SSSR count). The zero-order valence-electron chi connectivity index (χ0n) is 13.3. The quantitative estimate of drug-likeness (QED) is 0.765. The van der Waals surface area contributed by atoms with Gasteiger partial charge in [0.15, 0.2) is 0 Å². The van der Waals surface area contributed by atoms with Crippen LogP contribution in [0.4, 0.5) is 0 Å². The highest BCUT2D eigenvalue weighted by Crippen LogP contribution is 2.33. The van der Waals surface area contributed by atoms with Crippen molar-refractivity contribution in [2.45, 2.75) is 37.8 Å².